The van der Waals surface area contributed by atoms with Crippen molar-refractivity contribution >= 4 is 11.6 Å². The summed E-state index contributed by atoms with van der Waals surface area (Å²) in [5.41, 5.74) is -1.14. The van der Waals surface area contributed by atoms with Gasteiger partial charge in [-0.3, -0.25) is 9.59 Å². The fraction of sp³-hybridized carbons (Fsp3) is 0.778. The molecule has 0 aromatic carbocycles. The van der Waals surface area contributed by atoms with Gasteiger partial charge in [0.15, 0.2) is 5.78 Å². The third-order valence-electron chi connectivity index (χ3n) is 5.79. The second-order valence-corrected chi connectivity index (χ2v) is 6.63. The van der Waals surface area contributed by atoms with Gasteiger partial charge in [0.25, 0.3) is 0 Å². The van der Waals surface area contributed by atoms with Crippen LogP contribution in [0.2, 0.25) is 0 Å². The summed E-state index contributed by atoms with van der Waals surface area (Å²) in [4.78, 5) is 25.0. The van der Waals surface area contributed by atoms with Gasteiger partial charge in [-0.25, -0.2) is 0 Å². The van der Waals surface area contributed by atoms with Crippen molar-refractivity contribution < 1.29 is 20.6 Å². The number of ketones is 2. The Morgan fingerprint density at radius 1 is 1.20 bits per heavy atom. The molecule has 3 fully saturated rings. The zero-order valence-corrected chi connectivity index (χ0v) is 11.6. The fourth-order valence-corrected chi connectivity index (χ4v) is 4.58. The third kappa shape index (κ3) is 1.63. The standard InChI is InChI=1S/C18H24O2/c1-18-9-8-14-13-5-3-12(19)10-11(13)2-4-15(14)16(18)6-7-17(18)20/h10,13-16H,2-9H2,1H3/t13-,14+,15+,16-,18-/m0/s1/i2D2,3D2,7D2,10D,13D. The van der Waals surface area contributed by atoms with Gasteiger partial charge in [0, 0.05) is 27.8 Å². The van der Waals surface area contributed by atoms with Crippen LogP contribution in [0.25, 0.3) is 0 Å². The van der Waals surface area contributed by atoms with Crippen molar-refractivity contribution in [2.75, 3.05) is 0 Å². The van der Waals surface area contributed by atoms with E-state index in [0.29, 0.717) is 12.8 Å². The molecular weight excluding hydrogens is 248 g/mol. The number of carbonyl (C=O) groups excluding carboxylic acids is 2. The summed E-state index contributed by atoms with van der Waals surface area (Å²) in [7, 11) is 0. The molecule has 2 nitrogen and oxygen atoms in total. The first-order chi connectivity index (χ1) is 12.6. The van der Waals surface area contributed by atoms with E-state index in [0.717, 1.165) is 0 Å². The van der Waals surface area contributed by atoms with E-state index in [9.17, 15) is 9.59 Å². The van der Waals surface area contributed by atoms with E-state index in [2.05, 4.69) is 0 Å². The summed E-state index contributed by atoms with van der Waals surface area (Å²) in [6.45, 7) is 1.73. The van der Waals surface area contributed by atoms with Crippen LogP contribution in [0, 0.1) is 29.1 Å². The zero-order chi connectivity index (χ0) is 21.1. The Hall–Kier alpha value is -0.920. The molecule has 2 heteroatoms. The van der Waals surface area contributed by atoms with Crippen molar-refractivity contribution in [3.8, 4) is 0 Å². The van der Waals surface area contributed by atoms with Crippen LogP contribution in [-0.4, -0.2) is 11.6 Å². The highest BCUT2D eigenvalue weighted by molar-refractivity contribution is 5.91. The predicted octanol–water partition coefficient (Wildman–Crippen LogP) is 3.70. The summed E-state index contributed by atoms with van der Waals surface area (Å²) in [6, 6.07) is -0.721. The normalized spacial score (nSPS) is 65.0. The highest BCUT2D eigenvalue weighted by Gasteiger charge is 2.55. The molecule has 20 heavy (non-hydrogen) atoms. The van der Waals surface area contributed by atoms with Crippen LogP contribution in [0.4, 0.5) is 0 Å². The lowest BCUT2D eigenvalue weighted by atomic mass is 9.52. The Balaban J connectivity index is 1.86. The summed E-state index contributed by atoms with van der Waals surface area (Å²) >= 11 is 0. The van der Waals surface area contributed by atoms with Crippen molar-refractivity contribution in [3.05, 3.63) is 11.6 Å². The van der Waals surface area contributed by atoms with E-state index in [1.165, 1.54) is 0 Å². The largest absolute Gasteiger partial charge is 0.299 e. The Morgan fingerprint density at radius 2 is 2.05 bits per heavy atom. The van der Waals surface area contributed by atoms with E-state index in [4.69, 9.17) is 11.0 Å². The number of hydrogen-bond donors (Lipinski definition) is 0. The van der Waals surface area contributed by atoms with Gasteiger partial charge in [-0.1, -0.05) is 12.5 Å². The number of rotatable bonds is 0. The minimum Gasteiger partial charge on any atom is -0.299 e. The third-order valence-corrected chi connectivity index (χ3v) is 5.79. The van der Waals surface area contributed by atoms with Crippen LogP contribution in [-0.2, 0) is 9.59 Å². The molecule has 5 atom stereocenters. The maximum Gasteiger partial charge on any atom is 0.155 e. The Morgan fingerprint density at radius 3 is 2.90 bits per heavy atom. The smallest absolute Gasteiger partial charge is 0.155 e. The molecule has 0 bridgehead atoms. The van der Waals surface area contributed by atoms with Gasteiger partial charge in [-0.15, -0.1) is 0 Å². The van der Waals surface area contributed by atoms with Crippen molar-refractivity contribution in [1.29, 1.82) is 0 Å². The van der Waals surface area contributed by atoms with Crippen LogP contribution in [0.1, 0.15) is 69.1 Å². The first-order valence-corrected chi connectivity index (χ1v) is 7.39. The van der Waals surface area contributed by atoms with Gasteiger partial charge in [0.2, 0.25) is 0 Å². The highest BCUT2D eigenvalue weighted by atomic mass is 16.1. The fourth-order valence-electron chi connectivity index (χ4n) is 4.58. The van der Waals surface area contributed by atoms with Gasteiger partial charge >= 0.3 is 0 Å². The number of hydrogen-bond acceptors (Lipinski definition) is 2. The van der Waals surface area contributed by atoms with Crippen LogP contribution >= 0.6 is 0 Å². The lowest BCUT2D eigenvalue weighted by molar-refractivity contribution is -0.131. The molecule has 4 aliphatic carbocycles. The summed E-state index contributed by atoms with van der Waals surface area (Å²) in [5, 5.41) is 0. The Kier molecular flexibility index (Phi) is 1.48. The Bertz CT molecular complexity index is 818. The van der Waals surface area contributed by atoms with Gasteiger partial charge in [-0.2, -0.15) is 0 Å². The van der Waals surface area contributed by atoms with Gasteiger partial charge < -0.3 is 0 Å². The molecule has 0 radical (unpaired) electrons. The minimum absolute atomic E-state index is 0.0196. The second-order valence-electron chi connectivity index (χ2n) is 6.63. The average Bonchev–Trinajstić information content (AvgIpc) is 2.71. The lowest BCUT2D eigenvalue weighted by Crippen LogP contribution is -2.46. The van der Waals surface area contributed by atoms with E-state index < -0.39 is 72.2 Å². The van der Waals surface area contributed by atoms with E-state index in [1.54, 1.807) is 6.92 Å². The molecule has 0 N–H and O–H groups in total. The molecule has 108 valence electrons. The van der Waals surface area contributed by atoms with E-state index >= 15 is 0 Å². The molecule has 0 aromatic rings. The van der Waals surface area contributed by atoms with Crippen molar-refractivity contribution in [1.82, 2.24) is 0 Å². The second kappa shape index (κ2) is 4.29. The van der Waals surface area contributed by atoms with Gasteiger partial charge in [-0.05, 0) is 68.2 Å². The van der Waals surface area contributed by atoms with Crippen LogP contribution in [0.5, 0.6) is 0 Å². The molecule has 0 spiro atoms. The monoisotopic (exact) mass is 280 g/mol. The summed E-state index contributed by atoms with van der Waals surface area (Å²) < 4.78 is 66.6. The highest BCUT2D eigenvalue weighted by Crippen LogP contribution is 2.60. The molecule has 3 saturated carbocycles. The average molecular weight is 280 g/mol. The molecule has 4 rings (SSSR count). The zero-order valence-electron chi connectivity index (χ0n) is 19.6. The molecule has 0 saturated heterocycles. The van der Waals surface area contributed by atoms with Gasteiger partial charge in [0.05, 0.1) is 1.37 Å². The van der Waals surface area contributed by atoms with Crippen LogP contribution < -0.4 is 0 Å². The number of fused-ring (bicyclic) bond motifs is 5. The lowest BCUT2D eigenvalue weighted by Gasteiger charge is -2.52. The minimum atomic E-state index is -2.40. The predicted molar refractivity (Wildman–Crippen MR) is 77.1 cm³/mol. The topological polar surface area (TPSA) is 34.1 Å². The van der Waals surface area contributed by atoms with Gasteiger partial charge in [0.1, 0.15) is 5.78 Å². The summed E-state index contributed by atoms with van der Waals surface area (Å²) in [5.74, 6) is -4.66. The summed E-state index contributed by atoms with van der Waals surface area (Å²) in [6.07, 6.45) is -6.39. The number of Topliss-reactive ketones (excluding diaryl/α,β-unsaturated/α-hetero) is 1. The SMILES string of the molecule is [2H]C1=C2C([2H])([2H])C[C@@H]3[C@H](CC[C@]4(C)C(=O)C([2H])([2H])C[C@@H]34)[C@@]2([2H])CC([2H])([2H])C1=O. The molecule has 0 aliphatic heterocycles. The first kappa shape index (κ1) is 6.89. The quantitative estimate of drug-likeness (QED) is 0.678. The van der Waals surface area contributed by atoms with Crippen LogP contribution in [0.3, 0.4) is 0 Å². The first-order valence-electron chi connectivity index (χ1n) is 11.4. The Labute approximate surface area is 132 Å². The maximum absolute atomic E-state index is 12.7. The van der Waals surface area contributed by atoms with Crippen LogP contribution in [0.15, 0.2) is 11.6 Å². The van der Waals surface area contributed by atoms with Crippen molar-refractivity contribution in [2.24, 2.45) is 29.1 Å². The number of carbonyl (C=O) groups is 2. The van der Waals surface area contributed by atoms with E-state index in [-0.39, 0.29) is 18.4 Å². The number of allylic oxidation sites excluding steroid dienone is 1. The molecule has 0 heterocycles. The molecule has 0 amide bonds. The molecule has 0 aromatic heterocycles. The molecule has 4 aliphatic rings. The maximum atomic E-state index is 12.7. The van der Waals surface area contributed by atoms with Crippen molar-refractivity contribution in [2.45, 2.75) is 58.1 Å². The molecule has 0 unspecified atom stereocenters. The molecular formula is C18H24O2. The van der Waals surface area contributed by atoms with E-state index in [1.807, 2.05) is 0 Å². The van der Waals surface area contributed by atoms with Crippen molar-refractivity contribution in [3.63, 3.8) is 0 Å².